The van der Waals surface area contributed by atoms with Gasteiger partial charge in [-0.15, -0.1) is 0 Å². The van der Waals surface area contributed by atoms with Crippen molar-refractivity contribution in [2.75, 3.05) is 19.8 Å². The monoisotopic (exact) mass is 403 g/mol. The lowest BCUT2D eigenvalue weighted by Crippen LogP contribution is -2.59. The van der Waals surface area contributed by atoms with E-state index in [1.165, 1.54) is 12.3 Å². The van der Waals surface area contributed by atoms with Crippen molar-refractivity contribution in [3.05, 3.63) is 47.0 Å². The van der Waals surface area contributed by atoms with Crippen molar-refractivity contribution < 1.29 is 18.6 Å². The molecule has 8 heteroatoms. The Morgan fingerprint density at radius 2 is 2.14 bits per heavy atom. The van der Waals surface area contributed by atoms with E-state index in [4.69, 9.17) is 31.5 Å². The molecular formula is C20H19ClFN3O3. The predicted molar refractivity (Wildman–Crippen MR) is 102 cm³/mol. The molecule has 1 aromatic carbocycles. The van der Waals surface area contributed by atoms with Crippen LogP contribution in [0.25, 0.3) is 11.1 Å². The van der Waals surface area contributed by atoms with Gasteiger partial charge in [0.05, 0.1) is 24.2 Å². The summed E-state index contributed by atoms with van der Waals surface area (Å²) in [5, 5.41) is 0.431. The maximum Gasteiger partial charge on any atom is 0.283 e. The lowest BCUT2D eigenvalue weighted by molar-refractivity contribution is -0.129. The van der Waals surface area contributed by atoms with Crippen LogP contribution in [0.2, 0.25) is 5.02 Å². The fourth-order valence-electron chi connectivity index (χ4n) is 4.55. The minimum Gasteiger partial charge on any atom is -0.486 e. The smallest absolute Gasteiger partial charge is 0.283 e. The van der Waals surface area contributed by atoms with E-state index >= 15 is 4.39 Å². The van der Waals surface area contributed by atoms with E-state index < -0.39 is 17.0 Å². The zero-order chi connectivity index (χ0) is 19.5. The molecule has 2 N–H and O–H groups in total. The molecule has 28 heavy (non-hydrogen) atoms. The van der Waals surface area contributed by atoms with Crippen LogP contribution in [0, 0.1) is 11.7 Å². The first-order valence-corrected chi connectivity index (χ1v) is 9.49. The number of rotatable bonds is 1. The Hall–Kier alpha value is -2.38. The third kappa shape index (κ3) is 2.49. The molecule has 1 aromatic heterocycles. The van der Waals surface area contributed by atoms with Crippen molar-refractivity contribution >= 4 is 17.6 Å². The van der Waals surface area contributed by atoms with Crippen LogP contribution in [-0.2, 0) is 15.0 Å². The summed E-state index contributed by atoms with van der Waals surface area (Å²) >= 11 is 6.06. The van der Waals surface area contributed by atoms with E-state index in [1.54, 1.807) is 18.3 Å². The Bertz CT molecular complexity index is 1000. The maximum atomic E-state index is 15.0. The van der Waals surface area contributed by atoms with E-state index in [9.17, 15) is 0 Å². The Kier molecular flexibility index (Phi) is 3.83. The van der Waals surface area contributed by atoms with Crippen molar-refractivity contribution in [2.45, 2.75) is 24.5 Å². The quantitative estimate of drug-likeness (QED) is 0.790. The minimum absolute atomic E-state index is 0.113. The van der Waals surface area contributed by atoms with Crippen LogP contribution in [0.4, 0.5) is 4.39 Å². The number of pyridine rings is 1. The van der Waals surface area contributed by atoms with Crippen molar-refractivity contribution in [1.29, 1.82) is 0 Å². The first-order valence-electron chi connectivity index (χ1n) is 9.11. The highest BCUT2D eigenvalue weighted by Crippen LogP contribution is 2.55. The standard InChI is InChI=1S/C20H19ClFN3O3/c1-19-2-3-26-9-17(19)20(10-27-18(23)25-20)14-5-13(15(22)6-16(14)28-19)11-4-12(21)8-24-7-11/h4-8,17H,2-3,9-10H2,1H3,(H2,23,25). The minimum atomic E-state index is -0.790. The second-order valence-corrected chi connectivity index (χ2v) is 8.11. The number of hydrogen-bond acceptors (Lipinski definition) is 6. The molecule has 3 aliphatic rings. The van der Waals surface area contributed by atoms with Gasteiger partial charge in [-0.05, 0) is 19.1 Å². The molecule has 0 radical (unpaired) electrons. The highest BCUT2D eigenvalue weighted by Gasteiger charge is 2.60. The highest BCUT2D eigenvalue weighted by molar-refractivity contribution is 6.30. The van der Waals surface area contributed by atoms with Gasteiger partial charge in [0.25, 0.3) is 6.02 Å². The third-order valence-electron chi connectivity index (χ3n) is 5.99. The second-order valence-electron chi connectivity index (χ2n) is 7.68. The van der Waals surface area contributed by atoms with Gasteiger partial charge in [0.1, 0.15) is 29.3 Å². The normalized spacial score (nSPS) is 30.8. The molecule has 2 aromatic rings. The van der Waals surface area contributed by atoms with Crippen LogP contribution >= 0.6 is 11.6 Å². The third-order valence-corrected chi connectivity index (χ3v) is 6.19. The molecule has 0 amide bonds. The number of nitrogens with zero attached hydrogens (tertiary/aromatic N) is 2. The molecule has 1 saturated heterocycles. The summed E-state index contributed by atoms with van der Waals surface area (Å²) in [6.45, 7) is 3.31. The van der Waals surface area contributed by atoms with Gasteiger partial charge in [0.15, 0.2) is 0 Å². The number of aromatic nitrogens is 1. The summed E-state index contributed by atoms with van der Waals surface area (Å²) in [6.07, 6.45) is 3.76. The molecule has 146 valence electrons. The second kappa shape index (κ2) is 6.06. The molecule has 1 spiro atoms. The number of benzene rings is 1. The summed E-state index contributed by atoms with van der Waals surface area (Å²) in [7, 11) is 0. The van der Waals surface area contributed by atoms with Crippen LogP contribution in [0.15, 0.2) is 35.6 Å². The van der Waals surface area contributed by atoms with Crippen LogP contribution in [-0.4, -0.2) is 36.4 Å². The van der Waals surface area contributed by atoms with Gasteiger partial charge in [0.2, 0.25) is 0 Å². The number of aliphatic imine (C=N–C) groups is 1. The Morgan fingerprint density at radius 3 is 2.89 bits per heavy atom. The molecule has 6 nitrogen and oxygen atoms in total. The largest absolute Gasteiger partial charge is 0.486 e. The predicted octanol–water partition coefficient (Wildman–Crippen LogP) is 3.27. The van der Waals surface area contributed by atoms with Gasteiger partial charge in [-0.3, -0.25) is 4.98 Å². The topological polar surface area (TPSA) is 79.0 Å². The number of hydrogen-bond donors (Lipinski definition) is 1. The Morgan fingerprint density at radius 1 is 1.29 bits per heavy atom. The van der Waals surface area contributed by atoms with Crippen molar-refractivity contribution in [3.63, 3.8) is 0 Å². The molecule has 5 rings (SSSR count). The summed E-state index contributed by atoms with van der Waals surface area (Å²) in [5.74, 6) is -0.0695. The molecule has 0 aliphatic carbocycles. The van der Waals surface area contributed by atoms with Crippen molar-refractivity contribution in [2.24, 2.45) is 16.6 Å². The number of fused-ring (bicyclic) bond motifs is 4. The average Bonchev–Trinajstić information content (AvgIpc) is 3.03. The molecule has 3 unspecified atom stereocenters. The molecule has 1 fully saturated rings. The van der Waals surface area contributed by atoms with E-state index in [1.807, 2.05) is 6.92 Å². The molecule has 3 aliphatic heterocycles. The zero-order valence-corrected chi connectivity index (χ0v) is 16.0. The van der Waals surface area contributed by atoms with Gasteiger partial charge in [-0.25, -0.2) is 9.38 Å². The van der Waals surface area contributed by atoms with Gasteiger partial charge < -0.3 is 19.9 Å². The van der Waals surface area contributed by atoms with Crippen molar-refractivity contribution in [3.8, 4) is 16.9 Å². The van der Waals surface area contributed by atoms with Crippen LogP contribution < -0.4 is 10.5 Å². The zero-order valence-electron chi connectivity index (χ0n) is 15.2. The van der Waals surface area contributed by atoms with Gasteiger partial charge in [-0.2, -0.15) is 0 Å². The fraction of sp³-hybridized carbons (Fsp3) is 0.400. The van der Waals surface area contributed by atoms with Crippen LogP contribution in [0.5, 0.6) is 5.75 Å². The van der Waals surface area contributed by atoms with Crippen LogP contribution in [0.1, 0.15) is 18.9 Å². The lowest BCUT2D eigenvalue weighted by Gasteiger charge is -2.52. The van der Waals surface area contributed by atoms with E-state index in [0.717, 1.165) is 5.56 Å². The Balaban J connectivity index is 1.74. The number of amidine groups is 1. The van der Waals surface area contributed by atoms with E-state index in [-0.39, 0.29) is 18.5 Å². The Labute approximate surface area is 166 Å². The average molecular weight is 404 g/mol. The van der Waals surface area contributed by atoms with Gasteiger partial charge >= 0.3 is 0 Å². The summed E-state index contributed by atoms with van der Waals surface area (Å²) < 4.78 is 32.7. The summed E-state index contributed by atoms with van der Waals surface area (Å²) in [4.78, 5) is 8.75. The summed E-state index contributed by atoms with van der Waals surface area (Å²) in [5.41, 5.74) is 6.25. The van der Waals surface area contributed by atoms with E-state index in [0.29, 0.717) is 41.5 Å². The molecule has 4 heterocycles. The first kappa shape index (κ1) is 17.7. The highest BCUT2D eigenvalue weighted by atomic mass is 35.5. The molecule has 0 bridgehead atoms. The number of ether oxygens (including phenoxy) is 3. The van der Waals surface area contributed by atoms with Gasteiger partial charge in [-0.1, -0.05) is 11.6 Å². The fourth-order valence-corrected chi connectivity index (χ4v) is 4.72. The van der Waals surface area contributed by atoms with E-state index in [2.05, 4.69) is 9.98 Å². The maximum absolute atomic E-state index is 15.0. The van der Waals surface area contributed by atoms with Crippen molar-refractivity contribution in [1.82, 2.24) is 4.98 Å². The molecule has 3 atom stereocenters. The number of halogens is 2. The van der Waals surface area contributed by atoms with Gasteiger partial charge in [0, 0.05) is 41.6 Å². The molecular weight excluding hydrogens is 385 g/mol. The lowest BCUT2D eigenvalue weighted by atomic mass is 9.66. The first-order chi connectivity index (χ1) is 13.4. The molecule has 0 saturated carbocycles. The summed E-state index contributed by atoms with van der Waals surface area (Å²) in [6, 6.07) is 4.95. The SMILES string of the molecule is CC12CCOCC1C1(COC(N)=N1)c1cc(-c3cncc(Cl)c3)c(F)cc1O2. The number of nitrogens with two attached hydrogens (primary N) is 1. The van der Waals surface area contributed by atoms with Crippen LogP contribution in [0.3, 0.4) is 0 Å².